The molecule has 1 aliphatic carbocycles. The number of carbonyl (C=O) groups excluding carboxylic acids is 1. The first kappa shape index (κ1) is 15.1. The number of alkyl halides is 3. The molecule has 1 aromatic heterocycles. The van der Waals surface area contributed by atoms with Gasteiger partial charge in [0.05, 0.1) is 0 Å². The van der Waals surface area contributed by atoms with Crippen LogP contribution in [-0.4, -0.2) is 47.0 Å². The maximum absolute atomic E-state index is 12.7. The van der Waals surface area contributed by atoms with Crippen LogP contribution in [0.3, 0.4) is 0 Å². The lowest BCUT2D eigenvalue weighted by molar-refractivity contribution is -0.141. The van der Waals surface area contributed by atoms with Gasteiger partial charge in [-0.05, 0) is 18.4 Å². The Morgan fingerprint density at radius 3 is 2.45 bits per heavy atom. The molecule has 1 saturated heterocycles. The maximum Gasteiger partial charge on any atom is 0.433 e. The summed E-state index contributed by atoms with van der Waals surface area (Å²) in [5.41, 5.74) is -0.942. The number of halogens is 3. The number of piperazine rings is 1. The van der Waals surface area contributed by atoms with E-state index in [1.165, 1.54) is 0 Å². The third-order valence-electron chi connectivity index (χ3n) is 4.23. The van der Waals surface area contributed by atoms with E-state index in [9.17, 15) is 18.0 Å². The van der Waals surface area contributed by atoms with E-state index in [0.717, 1.165) is 18.7 Å². The average Bonchev–Trinajstić information content (AvgIpc) is 3.23. The average molecular weight is 314 g/mol. The Morgan fingerprint density at radius 2 is 1.91 bits per heavy atom. The Morgan fingerprint density at radius 1 is 1.27 bits per heavy atom. The third kappa shape index (κ3) is 3.00. The van der Waals surface area contributed by atoms with Crippen LogP contribution in [0.5, 0.6) is 0 Å². The van der Waals surface area contributed by atoms with Crippen LogP contribution in [0.15, 0.2) is 12.3 Å². The summed E-state index contributed by atoms with van der Waals surface area (Å²) in [5.74, 6) is 0.826. The van der Waals surface area contributed by atoms with E-state index < -0.39 is 11.9 Å². The van der Waals surface area contributed by atoms with Crippen LogP contribution in [0.4, 0.5) is 19.1 Å². The van der Waals surface area contributed by atoms with E-state index in [-0.39, 0.29) is 17.8 Å². The highest BCUT2D eigenvalue weighted by atomic mass is 19.4. The fourth-order valence-electron chi connectivity index (χ4n) is 2.69. The van der Waals surface area contributed by atoms with E-state index in [2.05, 4.69) is 16.9 Å². The van der Waals surface area contributed by atoms with Gasteiger partial charge in [-0.2, -0.15) is 13.2 Å². The van der Waals surface area contributed by atoms with Crippen molar-refractivity contribution < 1.29 is 18.0 Å². The van der Waals surface area contributed by atoms with Crippen molar-refractivity contribution in [1.82, 2.24) is 14.9 Å². The van der Waals surface area contributed by atoms with Crippen LogP contribution in [0.1, 0.15) is 19.0 Å². The van der Waals surface area contributed by atoms with Crippen molar-refractivity contribution in [2.75, 3.05) is 31.1 Å². The van der Waals surface area contributed by atoms with Crippen molar-refractivity contribution in [3.05, 3.63) is 18.0 Å². The Balaban J connectivity index is 1.63. The number of anilines is 1. The minimum absolute atomic E-state index is 0.0710. The van der Waals surface area contributed by atoms with Gasteiger partial charge in [-0.25, -0.2) is 9.97 Å². The molecule has 1 aliphatic heterocycles. The molecule has 0 aromatic carbocycles. The summed E-state index contributed by atoms with van der Waals surface area (Å²) in [7, 11) is 0. The Kier molecular flexibility index (Phi) is 3.70. The van der Waals surface area contributed by atoms with Gasteiger partial charge in [0, 0.05) is 38.3 Å². The Labute approximate surface area is 126 Å². The third-order valence-corrected chi connectivity index (χ3v) is 4.23. The van der Waals surface area contributed by atoms with E-state index in [4.69, 9.17) is 0 Å². The molecule has 0 unspecified atom stereocenters. The molecule has 8 heteroatoms. The van der Waals surface area contributed by atoms with Crippen molar-refractivity contribution in [3.63, 3.8) is 0 Å². The molecule has 2 atom stereocenters. The molecule has 2 fully saturated rings. The summed E-state index contributed by atoms with van der Waals surface area (Å²) in [6, 6.07) is 0.859. The summed E-state index contributed by atoms with van der Waals surface area (Å²) in [5, 5.41) is 0. The van der Waals surface area contributed by atoms with E-state index in [1.807, 2.05) is 0 Å². The van der Waals surface area contributed by atoms with Crippen LogP contribution >= 0.6 is 0 Å². The molecule has 2 heterocycles. The summed E-state index contributed by atoms with van der Waals surface area (Å²) in [4.78, 5) is 23.1. The second-order valence-electron chi connectivity index (χ2n) is 5.87. The number of rotatable bonds is 2. The van der Waals surface area contributed by atoms with Gasteiger partial charge in [-0.15, -0.1) is 0 Å². The first-order valence-corrected chi connectivity index (χ1v) is 7.30. The second-order valence-corrected chi connectivity index (χ2v) is 5.87. The van der Waals surface area contributed by atoms with Gasteiger partial charge in [-0.3, -0.25) is 4.79 Å². The lowest BCUT2D eigenvalue weighted by Crippen LogP contribution is -2.50. The quantitative estimate of drug-likeness (QED) is 0.835. The SMILES string of the molecule is C[C@H]1C[C@H]1C(=O)N1CCN(c2nccc(C(F)(F)F)n2)CC1. The monoisotopic (exact) mass is 314 g/mol. The van der Waals surface area contributed by atoms with Gasteiger partial charge in [0.15, 0.2) is 0 Å². The van der Waals surface area contributed by atoms with Crippen LogP contribution in [0.25, 0.3) is 0 Å². The number of aromatic nitrogens is 2. The Bertz CT molecular complexity index is 569. The predicted octanol–water partition coefficient (Wildman–Crippen LogP) is 1.80. The molecule has 1 amide bonds. The molecular formula is C14H17F3N4O. The fourth-order valence-corrected chi connectivity index (χ4v) is 2.69. The molecule has 2 aliphatic rings. The molecular weight excluding hydrogens is 297 g/mol. The smallest absolute Gasteiger partial charge is 0.339 e. The molecule has 1 saturated carbocycles. The van der Waals surface area contributed by atoms with Crippen LogP contribution in [0, 0.1) is 11.8 Å². The molecule has 0 spiro atoms. The second kappa shape index (κ2) is 5.40. The van der Waals surface area contributed by atoms with Crippen molar-refractivity contribution in [2.24, 2.45) is 11.8 Å². The lowest BCUT2D eigenvalue weighted by atomic mass is 10.2. The van der Waals surface area contributed by atoms with E-state index in [1.54, 1.807) is 9.80 Å². The largest absolute Gasteiger partial charge is 0.433 e. The topological polar surface area (TPSA) is 49.3 Å². The van der Waals surface area contributed by atoms with Gasteiger partial charge in [0.2, 0.25) is 11.9 Å². The fraction of sp³-hybridized carbons (Fsp3) is 0.643. The molecule has 3 rings (SSSR count). The number of carbonyl (C=O) groups is 1. The molecule has 120 valence electrons. The highest BCUT2D eigenvalue weighted by Crippen LogP contribution is 2.39. The van der Waals surface area contributed by atoms with Gasteiger partial charge in [0.1, 0.15) is 5.69 Å². The predicted molar refractivity (Wildman–Crippen MR) is 73.1 cm³/mol. The first-order chi connectivity index (χ1) is 10.4. The highest BCUT2D eigenvalue weighted by molar-refractivity contribution is 5.81. The summed E-state index contributed by atoms with van der Waals surface area (Å²) in [6.07, 6.45) is -2.41. The Hall–Kier alpha value is -1.86. The van der Waals surface area contributed by atoms with Gasteiger partial charge in [-0.1, -0.05) is 6.92 Å². The maximum atomic E-state index is 12.7. The lowest BCUT2D eigenvalue weighted by Gasteiger charge is -2.35. The number of nitrogens with zero attached hydrogens (tertiary/aromatic N) is 4. The van der Waals surface area contributed by atoms with Gasteiger partial charge >= 0.3 is 6.18 Å². The summed E-state index contributed by atoms with van der Waals surface area (Å²) < 4.78 is 38.0. The zero-order chi connectivity index (χ0) is 15.9. The zero-order valence-electron chi connectivity index (χ0n) is 12.2. The van der Waals surface area contributed by atoms with Gasteiger partial charge < -0.3 is 9.80 Å². The van der Waals surface area contributed by atoms with E-state index in [0.29, 0.717) is 32.1 Å². The minimum Gasteiger partial charge on any atom is -0.339 e. The van der Waals surface area contributed by atoms with Crippen molar-refractivity contribution >= 4 is 11.9 Å². The highest BCUT2D eigenvalue weighted by Gasteiger charge is 2.42. The zero-order valence-corrected chi connectivity index (χ0v) is 12.2. The molecule has 1 aromatic rings. The van der Waals surface area contributed by atoms with Crippen LogP contribution < -0.4 is 4.90 Å². The molecule has 0 bridgehead atoms. The standard InChI is InChI=1S/C14H17F3N4O/c1-9-8-10(9)12(22)20-4-6-21(7-5-20)13-18-3-2-11(19-13)14(15,16)17/h2-3,9-10H,4-8H2,1H3/t9-,10+/m0/s1. The first-order valence-electron chi connectivity index (χ1n) is 7.30. The summed E-state index contributed by atoms with van der Waals surface area (Å²) >= 11 is 0. The molecule has 0 N–H and O–H groups in total. The van der Waals surface area contributed by atoms with Crippen LogP contribution in [-0.2, 0) is 11.0 Å². The van der Waals surface area contributed by atoms with E-state index >= 15 is 0 Å². The van der Waals surface area contributed by atoms with Crippen molar-refractivity contribution in [3.8, 4) is 0 Å². The van der Waals surface area contributed by atoms with Gasteiger partial charge in [0.25, 0.3) is 0 Å². The van der Waals surface area contributed by atoms with Crippen molar-refractivity contribution in [2.45, 2.75) is 19.5 Å². The number of amides is 1. The summed E-state index contributed by atoms with van der Waals surface area (Å²) in [6.45, 7) is 3.96. The van der Waals surface area contributed by atoms with Crippen molar-refractivity contribution in [1.29, 1.82) is 0 Å². The number of hydrogen-bond donors (Lipinski definition) is 0. The minimum atomic E-state index is -4.47. The number of hydrogen-bond acceptors (Lipinski definition) is 4. The molecule has 22 heavy (non-hydrogen) atoms. The van der Waals surface area contributed by atoms with Crippen LogP contribution in [0.2, 0.25) is 0 Å². The molecule has 0 radical (unpaired) electrons. The normalized spacial score (nSPS) is 25.3. The molecule has 5 nitrogen and oxygen atoms in total.